The molecule has 0 aliphatic heterocycles. The smallest absolute Gasteiger partial charge is 0.238 e. The molecule has 1 aromatic carbocycles. The van der Waals surface area contributed by atoms with Crippen LogP contribution in [0.2, 0.25) is 0 Å². The van der Waals surface area contributed by atoms with Crippen LogP contribution in [-0.2, 0) is 11.2 Å². The Kier molecular flexibility index (Phi) is 7.34. The van der Waals surface area contributed by atoms with Crippen LogP contribution in [0, 0.1) is 6.92 Å². The van der Waals surface area contributed by atoms with Crippen LogP contribution in [0.4, 0.5) is 5.00 Å². The summed E-state index contributed by atoms with van der Waals surface area (Å²) in [4.78, 5) is 25.8. The maximum absolute atomic E-state index is 13.0. The predicted molar refractivity (Wildman–Crippen MR) is 104 cm³/mol. The lowest BCUT2D eigenvalue weighted by molar-refractivity contribution is -0.114. The van der Waals surface area contributed by atoms with Crippen molar-refractivity contribution >= 4 is 28.0 Å². The van der Waals surface area contributed by atoms with Crippen LogP contribution in [0.25, 0.3) is 0 Å². The highest BCUT2D eigenvalue weighted by Crippen LogP contribution is 2.32. The molecular weight excluding hydrogens is 332 g/mol. The zero-order valence-corrected chi connectivity index (χ0v) is 15.7. The van der Waals surface area contributed by atoms with Crippen molar-refractivity contribution in [2.75, 3.05) is 11.9 Å². The van der Waals surface area contributed by atoms with Gasteiger partial charge in [-0.15, -0.1) is 11.3 Å². The van der Waals surface area contributed by atoms with Crippen LogP contribution in [0.1, 0.15) is 59.0 Å². The van der Waals surface area contributed by atoms with Crippen LogP contribution < -0.4 is 11.1 Å². The van der Waals surface area contributed by atoms with Crippen molar-refractivity contribution in [1.29, 1.82) is 0 Å². The lowest BCUT2D eigenvalue weighted by Crippen LogP contribution is -2.22. The molecule has 3 N–H and O–H groups in total. The van der Waals surface area contributed by atoms with Gasteiger partial charge >= 0.3 is 0 Å². The third kappa shape index (κ3) is 5.25. The van der Waals surface area contributed by atoms with E-state index in [0.717, 1.165) is 23.3 Å². The van der Waals surface area contributed by atoms with Gasteiger partial charge in [0.2, 0.25) is 5.91 Å². The summed E-state index contributed by atoms with van der Waals surface area (Å²) in [6.07, 6.45) is 5.62. The number of nitrogens with two attached hydrogens (primary N) is 1. The number of aryl methyl sites for hydroxylation is 2. The number of anilines is 1. The molecule has 5 heteroatoms. The van der Waals surface area contributed by atoms with Crippen molar-refractivity contribution in [2.24, 2.45) is 5.73 Å². The fourth-order valence-corrected chi connectivity index (χ4v) is 3.82. The standard InChI is InChI=1S/C20H26N2O2S/c1-3-4-5-6-10-15-12-17(20(25-15)22-18(23)13-21)19(24)16-11-8-7-9-14(16)2/h7-9,11-12H,3-6,10,13,21H2,1-2H3,(H,22,23). The minimum absolute atomic E-state index is 0.0542. The first-order valence-corrected chi connectivity index (χ1v) is 9.61. The number of carbonyl (C=O) groups is 2. The molecule has 0 spiro atoms. The van der Waals surface area contributed by atoms with E-state index < -0.39 is 0 Å². The molecule has 1 aromatic heterocycles. The summed E-state index contributed by atoms with van der Waals surface area (Å²) in [5.74, 6) is -0.334. The third-order valence-electron chi connectivity index (χ3n) is 4.13. The number of nitrogens with one attached hydrogen (secondary N) is 1. The maximum atomic E-state index is 13.0. The second kappa shape index (κ2) is 9.49. The second-order valence-corrected chi connectivity index (χ2v) is 7.30. The van der Waals surface area contributed by atoms with E-state index in [1.54, 1.807) is 0 Å². The van der Waals surface area contributed by atoms with Crippen LogP contribution in [0.3, 0.4) is 0 Å². The van der Waals surface area contributed by atoms with E-state index in [1.165, 1.54) is 30.6 Å². The lowest BCUT2D eigenvalue weighted by Gasteiger charge is -2.06. The van der Waals surface area contributed by atoms with E-state index in [1.807, 2.05) is 37.3 Å². The van der Waals surface area contributed by atoms with Crippen molar-refractivity contribution in [1.82, 2.24) is 0 Å². The Balaban J connectivity index is 2.27. The van der Waals surface area contributed by atoms with Gasteiger partial charge in [-0.1, -0.05) is 50.5 Å². The first-order chi connectivity index (χ1) is 12.1. The Labute approximate surface area is 153 Å². The number of thiophene rings is 1. The SMILES string of the molecule is CCCCCCc1cc(C(=O)c2ccccc2C)c(NC(=O)CN)s1. The molecule has 0 radical (unpaired) electrons. The molecule has 4 nitrogen and oxygen atoms in total. The Hall–Kier alpha value is -1.98. The van der Waals surface area contributed by atoms with Gasteiger partial charge in [0.15, 0.2) is 5.78 Å². The molecule has 2 rings (SSSR count). The molecule has 0 atom stereocenters. The van der Waals surface area contributed by atoms with Gasteiger partial charge in [-0.25, -0.2) is 0 Å². The van der Waals surface area contributed by atoms with Crippen molar-refractivity contribution in [3.8, 4) is 0 Å². The fraction of sp³-hybridized carbons (Fsp3) is 0.400. The van der Waals surface area contributed by atoms with E-state index in [2.05, 4.69) is 12.2 Å². The molecule has 0 fully saturated rings. The molecule has 2 aromatic rings. The topological polar surface area (TPSA) is 72.2 Å². The van der Waals surface area contributed by atoms with Gasteiger partial charge in [0, 0.05) is 10.4 Å². The average molecular weight is 359 g/mol. The van der Waals surface area contributed by atoms with E-state index >= 15 is 0 Å². The molecule has 1 amide bonds. The highest BCUT2D eigenvalue weighted by molar-refractivity contribution is 7.16. The summed E-state index contributed by atoms with van der Waals surface area (Å²) in [5.41, 5.74) is 7.57. The number of rotatable bonds is 9. The van der Waals surface area contributed by atoms with Gasteiger partial charge in [-0.3, -0.25) is 9.59 Å². The number of carbonyl (C=O) groups excluding carboxylic acids is 2. The van der Waals surface area contributed by atoms with E-state index in [0.29, 0.717) is 16.1 Å². The molecular formula is C20H26N2O2S. The van der Waals surface area contributed by atoms with Crippen LogP contribution in [0.15, 0.2) is 30.3 Å². The molecule has 25 heavy (non-hydrogen) atoms. The van der Waals surface area contributed by atoms with Gasteiger partial charge in [0.1, 0.15) is 5.00 Å². The molecule has 0 saturated carbocycles. The Morgan fingerprint density at radius 2 is 1.88 bits per heavy atom. The average Bonchev–Trinajstić information content (AvgIpc) is 3.01. The zero-order valence-electron chi connectivity index (χ0n) is 14.9. The highest BCUT2D eigenvalue weighted by atomic mass is 32.1. The van der Waals surface area contributed by atoms with E-state index in [-0.39, 0.29) is 18.2 Å². The van der Waals surface area contributed by atoms with Gasteiger partial charge in [0.25, 0.3) is 0 Å². The van der Waals surface area contributed by atoms with Gasteiger partial charge in [-0.05, 0) is 31.4 Å². The number of hydrogen-bond acceptors (Lipinski definition) is 4. The number of unbranched alkanes of at least 4 members (excludes halogenated alkanes) is 3. The normalized spacial score (nSPS) is 10.7. The Bertz CT molecular complexity index is 737. The number of amides is 1. The molecule has 134 valence electrons. The quantitative estimate of drug-likeness (QED) is 0.518. The summed E-state index contributed by atoms with van der Waals surface area (Å²) in [6.45, 7) is 4.01. The fourth-order valence-electron chi connectivity index (χ4n) is 2.70. The van der Waals surface area contributed by atoms with Crippen LogP contribution in [0.5, 0.6) is 0 Å². The number of ketones is 1. The van der Waals surface area contributed by atoms with Crippen molar-refractivity contribution in [2.45, 2.75) is 46.0 Å². The van der Waals surface area contributed by atoms with Gasteiger partial charge in [0.05, 0.1) is 12.1 Å². The number of benzene rings is 1. The van der Waals surface area contributed by atoms with Crippen LogP contribution in [-0.4, -0.2) is 18.2 Å². The minimum atomic E-state index is -0.279. The molecule has 0 aliphatic rings. The summed E-state index contributed by atoms with van der Waals surface area (Å²) in [7, 11) is 0. The summed E-state index contributed by atoms with van der Waals surface area (Å²) in [6, 6.07) is 9.44. The van der Waals surface area contributed by atoms with Crippen molar-refractivity contribution < 1.29 is 9.59 Å². The summed E-state index contributed by atoms with van der Waals surface area (Å²) in [5, 5.41) is 3.39. The maximum Gasteiger partial charge on any atom is 0.238 e. The molecule has 0 bridgehead atoms. The first kappa shape index (κ1) is 19.3. The first-order valence-electron chi connectivity index (χ1n) is 8.79. The van der Waals surface area contributed by atoms with Crippen molar-refractivity contribution in [3.63, 3.8) is 0 Å². The van der Waals surface area contributed by atoms with E-state index in [4.69, 9.17) is 5.73 Å². The van der Waals surface area contributed by atoms with Gasteiger partial charge in [-0.2, -0.15) is 0 Å². The molecule has 0 unspecified atom stereocenters. The third-order valence-corrected chi connectivity index (χ3v) is 5.24. The van der Waals surface area contributed by atoms with Gasteiger partial charge < -0.3 is 11.1 Å². The predicted octanol–water partition coefficient (Wildman–Crippen LogP) is 4.31. The molecule has 0 aliphatic carbocycles. The Morgan fingerprint density at radius 1 is 1.12 bits per heavy atom. The molecule has 0 saturated heterocycles. The lowest BCUT2D eigenvalue weighted by atomic mass is 10.00. The monoisotopic (exact) mass is 358 g/mol. The number of hydrogen-bond donors (Lipinski definition) is 2. The minimum Gasteiger partial charge on any atom is -0.322 e. The summed E-state index contributed by atoms with van der Waals surface area (Å²) < 4.78 is 0. The second-order valence-electron chi connectivity index (χ2n) is 6.16. The van der Waals surface area contributed by atoms with Crippen LogP contribution >= 0.6 is 11.3 Å². The van der Waals surface area contributed by atoms with Crippen molar-refractivity contribution in [3.05, 3.63) is 51.9 Å². The highest BCUT2D eigenvalue weighted by Gasteiger charge is 2.20. The molecule has 1 heterocycles. The largest absolute Gasteiger partial charge is 0.322 e. The Morgan fingerprint density at radius 3 is 2.56 bits per heavy atom. The zero-order chi connectivity index (χ0) is 18.2. The van der Waals surface area contributed by atoms with E-state index in [9.17, 15) is 9.59 Å². The summed E-state index contributed by atoms with van der Waals surface area (Å²) >= 11 is 1.48.